The Labute approximate surface area is 161 Å². The number of benzene rings is 2. The molecule has 0 radical (unpaired) electrons. The summed E-state index contributed by atoms with van der Waals surface area (Å²) in [4.78, 5) is 29.6. The molecule has 3 aliphatic rings. The third-order valence-electron chi connectivity index (χ3n) is 5.68. The first-order valence-corrected chi connectivity index (χ1v) is 9.07. The maximum Gasteiger partial charge on any atom is 0.240 e. The molecule has 4 atom stereocenters. The quantitative estimate of drug-likeness (QED) is 0.717. The van der Waals surface area contributed by atoms with Crippen molar-refractivity contribution in [3.05, 3.63) is 70.9 Å². The summed E-state index contributed by atoms with van der Waals surface area (Å²) in [7, 11) is 0. The van der Waals surface area contributed by atoms with E-state index in [1.165, 1.54) is 4.90 Å². The number of anilines is 1. The number of fused-ring (bicyclic) bond motifs is 5. The first kappa shape index (κ1) is 16.1. The maximum atomic E-state index is 13.3. The lowest BCUT2D eigenvalue weighted by Gasteiger charge is -2.33. The predicted octanol–water partition coefficient (Wildman–Crippen LogP) is 3.38. The highest BCUT2D eigenvalue weighted by atomic mass is 35.5. The molecular formula is C21H14ClN3O2. The van der Waals surface area contributed by atoms with Crippen LogP contribution >= 0.6 is 11.6 Å². The van der Waals surface area contributed by atoms with E-state index in [2.05, 4.69) is 6.07 Å². The number of amides is 2. The standard InChI is InChI=1S/C21H14ClN3O2/c22-13-5-7-14(8-6-13)25-20(26)17-16(11-23)24-10-9-12-3-1-2-4-15(12)19(24)18(17)21(25)27/h1-10,16-19H/t16-,17+,18+,19?/m1/s1. The van der Waals surface area contributed by atoms with Crippen molar-refractivity contribution in [3.8, 4) is 6.07 Å². The molecule has 3 heterocycles. The summed E-state index contributed by atoms with van der Waals surface area (Å²) in [5.74, 6) is -1.84. The molecule has 132 valence electrons. The van der Waals surface area contributed by atoms with Crippen molar-refractivity contribution in [2.45, 2.75) is 12.1 Å². The maximum absolute atomic E-state index is 13.3. The molecule has 27 heavy (non-hydrogen) atoms. The third kappa shape index (κ3) is 2.11. The van der Waals surface area contributed by atoms with Crippen molar-refractivity contribution >= 4 is 35.2 Å². The number of carbonyl (C=O) groups excluding carboxylic acids is 2. The van der Waals surface area contributed by atoms with Gasteiger partial charge in [-0.05, 0) is 41.5 Å². The Morgan fingerprint density at radius 1 is 0.963 bits per heavy atom. The normalized spacial score (nSPS) is 28.0. The number of nitrogens with zero attached hydrogens (tertiary/aromatic N) is 3. The van der Waals surface area contributed by atoms with E-state index in [4.69, 9.17) is 11.6 Å². The van der Waals surface area contributed by atoms with Gasteiger partial charge in [-0.15, -0.1) is 0 Å². The molecule has 0 N–H and O–H groups in total. The molecule has 2 saturated heterocycles. The molecule has 0 aliphatic carbocycles. The van der Waals surface area contributed by atoms with Gasteiger partial charge in [-0.1, -0.05) is 35.9 Å². The van der Waals surface area contributed by atoms with Crippen LogP contribution in [0.3, 0.4) is 0 Å². The van der Waals surface area contributed by atoms with Gasteiger partial charge in [-0.2, -0.15) is 5.26 Å². The van der Waals surface area contributed by atoms with E-state index < -0.39 is 17.9 Å². The van der Waals surface area contributed by atoms with Crippen LogP contribution in [0.15, 0.2) is 54.7 Å². The largest absolute Gasteiger partial charge is 0.353 e. The number of halogens is 1. The van der Waals surface area contributed by atoms with Crippen molar-refractivity contribution in [2.75, 3.05) is 4.90 Å². The summed E-state index contributed by atoms with van der Waals surface area (Å²) in [6, 6.07) is 15.7. The summed E-state index contributed by atoms with van der Waals surface area (Å²) in [5.41, 5.74) is 2.49. The van der Waals surface area contributed by atoms with E-state index in [1.54, 1.807) is 24.3 Å². The van der Waals surface area contributed by atoms with Crippen molar-refractivity contribution in [2.24, 2.45) is 11.8 Å². The Hall–Kier alpha value is -3.10. The fourth-order valence-corrected chi connectivity index (χ4v) is 4.68. The van der Waals surface area contributed by atoms with Gasteiger partial charge in [-0.3, -0.25) is 9.59 Å². The summed E-state index contributed by atoms with van der Waals surface area (Å²) in [5, 5.41) is 10.3. The zero-order valence-corrected chi connectivity index (χ0v) is 14.9. The van der Waals surface area contributed by atoms with Crippen LogP contribution in [0.5, 0.6) is 0 Å². The molecule has 1 unspecified atom stereocenters. The molecular weight excluding hydrogens is 362 g/mol. The first-order valence-electron chi connectivity index (χ1n) is 8.69. The highest BCUT2D eigenvalue weighted by molar-refractivity contribution is 6.31. The van der Waals surface area contributed by atoms with Crippen LogP contribution in [0.25, 0.3) is 6.08 Å². The van der Waals surface area contributed by atoms with E-state index in [0.717, 1.165) is 11.1 Å². The van der Waals surface area contributed by atoms with Gasteiger partial charge in [-0.25, -0.2) is 4.90 Å². The Morgan fingerprint density at radius 2 is 1.67 bits per heavy atom. The molecule has 0 spiro atoms. The zero-order chi connectivity index (χ0) is 18.7. The Balaban J connectivity index is 1.63. The minimum Gasteiger partial charge on any atom is -0.353 e. The Morgan fingerprint density at radius 3 is 2.41 bits per heavy atom. The molecule has 6 heteroatoms. The molecule has 0 saturated carbocycles. The first-order chi connectivity index (χ1) is 13.1. The van der Waals surface area contributed by atoms with Crippen molar-refractivity contribution < 1.29 is 9.59 Å². The number of hydrogen-bond acceptors (Lipinski definition) is 4. The predicted molar refractivity (Wildman–Crippen MR) is 100 cm³/mol. The van der Waals surface area contributed by atoms with Crippen LogP contribution in [-0.4, -0.2) is 22.8 Å². The van der Waals surface area contributed by atoms with Crippen LogP contribution in [0.4, 0.5) is 5.69 Å². The second-order valence-corrected chi connectivity index (χ2v) is 7.39. The number of hydrogen-bond donors (Lipinski definition) is 0. The molecule has 5 rings (SSSR count). The lowest BCUT2D eigenvalue weighted by molar-refractivity contribution is -0.123. The van der Waals surface area contributed by atoms with Crippen LogP contribution < -0.4 is 4.90 Å². The van der Waals surface area contributed by atoms with Crippen LogP contribution in [0, 0.1) is 23.2 Å². The average molecular weight is 376 g/mol. The minimum absolute atomic E-state index is 0.259. The zero-order valence-electron chi connectivity index (χ0n) is 14.1. The summed E-state index contributed by atoms with van der Waals surface area (Å²) in [6.45, 7) is 0. The molecule has 2 amide bonds. The topological polar surface area (TPSA) is 64.4 Å². The molecule has 2 aromatic rings. The third-order valence-corrected chi connectivity index (χ3v) is 5.93. The van der Waals surface area contributed by atoms with Gasteiger partial charge < -0.3 is 4.90 Å². The van der Waals surface area contributed by atoms with Gasteiger partial charge in [0, 0.05) is 11.2 Å². The van der Waals surface area contributed by atoms with Crippen LogP contribution in [-0.2, 0) is 9.59 Å². The van der Waals surface area contributed by atoms with Gasteiger partial charge >= 0.3 is 0 Å². The molecule has 2 aromatic carbocycles. The SMILES string of the molecule is N#C[C@@H]1[C@@H]2C(=O)N(c3ccc(Cl)cc3)C(=O)[C@@H]2C2c3ccccc3C=CN21. The number of rotatable bonds is 1. The average Bonchev–Trinajstić information content (AvgIpc) is 3.15. The van der Waals surface area contributed by atoms with Crippen molar-refractivity contribution in [1.29, 1.82) is 5.26 Å². The monoisotopic (exact) mass is 375 g/mol. The summed E-state index contributed by atoms with van der Waals surface area (Å²) in [6.07, 6.45) is 3.77. The van der Waals surface area contributed by atoms with E-state index >= 15 is 0 Å². The molecule has 0 aromatic heterocycles. The van der Waals surface area contributed by atoms with E-state index in [1.807, 2.05) is 41.4 Å². The molecule has 5 nitrogen and oxygen atoms in total. The van der Waals surface area contributed by atoms with Crippen molar-refractivity contribution in [3.63, 3.8) is 0 Å². The Kier molecular flexibility index (Phi) is 3.40. The van der Waals surface area contributed by atoms with Crippen molar-refractivity contribution in [1.82, 2.24) is 4.90 Å². The summed E-state index contributed by atoms with van der Waals surface area (Å²) < 4.78 is 0. The summed E-state index contributed by atoms with van der Waals surface area (Å²) >= 11 is 5.93. The lowest BCUT2D eigenvalue weighted by Crippen LogP contribution is -2.40. The molecule has 0 bridgehead atoms. The highest BCUT2D eigenvalue weighted by Crippen LogP contribution is 2.52. The van der Waals surface area contributed by atoms with E-state index in [0.29, 0.717) is 10.7 Å². The highest BCUT2D eigenvalue weighted by Gasteiger charge is 2.63. The van der Waals surface area contributed by atoms with E-state index in [9.17, 15) is 14.9 Å². The fourth-order valence-electron chi connectivity index (χ4n) is 4.55. The fraction of sp³-hybridized carbons (Fsp3) is 0.190. The molecule has 3 aliphatic heterocycles. The second-order valence-electron chi connectivity index (χ2n) is 6.95. The number of imide groups is 1. The second kappa shape index (κ2) is 5.70. The van der Waals surface area contributed by atoms with Crippen LogP contribution in [0.2, 0.25) is 5.02 Å². The minimum atomic E-state index is -0.681. The van der Waals surface area contributed by atoms with Gasteiger partial charge in [0.1, 0.15) is 6.04 Å². The number of nitriles is 1. The van der Waals surface area contributed by atoms with Gasteiger partial charge in [0.25, 0.3) is 0 Å². The Bertz CT molecular complexity index is 1040. The number of carbonyl (C=O) groups is 2. The molecule has 2 fully saturated rings. The van der Waals surface area contributed by atoms with Gasteiger partial charge in [0.05, 0.1) is 29.6 Å². The smallest absolute Gasteiger partial charge is 0.240 e. The van der Waals surface area contributed by atoms with Gasteiger partial charge in [0.15, 0.2) is 0 Å². The van der Waals surface area contributed by atoms with E-state index in [-0.39, 0.29) is 17.9 Å². The van der Waals surface area contributed by atoms with Crippen LogP contribution in [0.1, 0.15) is 17.2 Å². The van der Waals surface area contributed by atoms with Gasteiger partial charge in [0.2, 0.25) is 11.8 Å². The lowest BCUT2D eigenvalue weighted by atomic mass is 9.85.